The molecular weight excluding hydrogens is 607 g/mol. The number of benzene rings is 1. The number of ether oxygens (including phenoxy) is 2. The van der Waals surface area contributed by atoms with Gasteiger partial charge in [0.05, 0.1) is 13.2 Å². The molecule has 4 nitrogen and oxygen atoms in total. The summed E-state index contributed by atoms with van der Waals surface area (Å²) < 4.78 is 24.3. The van der Waals surface area contributed by atoms with Crippen molar-refractivity contribution in [3.8, 4) is 5.75 Å². The van der Waals surface area contributed by atoms with Crippen LogP contribution in [0.25, 0.3) is 0 Å². The van der Waals surface area contributed by atoms with E-state index >= 15 is 0 Å². The summed E-state index contributed by atoms with van der Waals surface area (Å²) in [6, 6.07) is 4.51. The third-order valence-corrected chi connectivity index (χ3v) is 5.67. The van der Waals surface area contributed by atoms with Gasteiger partial charge in [0.25, 0.3) is 0 Å². The third-order valence-electron chi connectivity index (χ3n) is 5.67. The van der Waals surface area contributed by atoms with Crippen molar-refractivity contribution in [2.24, 2.45) is 17.3 Å². The molecule has 0 aliphatic heterocycles. The summed E-state index contributed by atoms with van der Waals surface area (Å²) in [6.45, 7) is 15.3. The molecule has 0 bridgehead atoms. The van der Waals surface area contributed by atoms with Crippen molar-refractivity contribution in [3.63, 3.8) is 0 Å². The molecule has 6 heteroatoms. The van der Waals surface area contributed by atoms with Crippen LogP contribution < -0.4 is 4.74 Å². The third kappa shape index (κ3) is 11.5. The van der Waals surface area contributed by atoms with Crippen LogP contribution in [0.3, 0.4) is 0 Å². The quantitative estimate of drug-likeness (QED) is 0.260. The van der Waals surface area contributed by atoms with Gasteiger partial charge in [-0.25, -0.2) is 4.39 Å². The molecule has 1 aromatic rings. The first kappa shape index (κ1) is 29.9. The maximum Gasteiger partial charge on any atom is 0.126 e. The molecule has 0 saturated heterocycles. The van der Waals surface area contributed by atoms with Gasteiger partial charge in [0.1, 0.15) is 18.2 Å². The second-order valence-corrected chi connectivity index (χ2v) is 8.87. The maximum absolute atomic E-state index is 13.2. The molecule has 0 atom stereocenters. The SMILES string of the molecule is CC.Cc1ccc(F)cc1OCCOCCN(O)CC1CCC(C(C)(C)C)CC1.[U]. The zero-order valence-electron chi connectivity index (χ0n) is 19.8. The van der Waals surface area contributed by atoms with Gasteiger partial charge >= 0.3 is 0 Å². The van der Waals surface area contributed by atoms with Crippen molar-refractivity contribution < 1.29 is 50.2 Å². The molecular formula is C24H42FNO3U. The molecule has 0 heterocycles. The van der Waals surface area contributed by atoms with Crippen LogP contribution in [-0.2, 0) is 4.74 Å². The van der Waals surface area contributed by atoms with Crippen LogP contribution in [0.15, 0.2) is 18.2 Å². The minimum Gasteiger partial charge on any atom is -0.491 e. The smallest absolute Gasteiger partial charge is 0.126 e. The monoisotopic (exact) mass is 649 g/mol. The predicted octanol–water partition coefficient (Wildman–Crippen LogP) is 6.10. The second-order valence-electron chi connectivity index (χ2n) is 8.87. The fourth-order valence-corrected chi connectivity index (χ4v) is 3.81. The van der Waals surface area contributed by atoms with Crippen molar-refractivity contribution >= 4 is 0 Å². The Hall–Kier alpha value is -0.118. The Morgan fingerprint density at radius 2 is 1.70 bits per heavy atom. The van der Waals surface area contributed by atoms with E-state index in [0.717, 1.165) is 18.0 Å². The van der Waals surface area contributed by atoms with Gasteiger partial charge in [-0.15, -0.1) is 0 Å². The average Bonchev–Trinajstić information content (AvgIpc) is 2.68. The second kappa shape index (κ2) is 15.6. The van der Waals surface area contributed by atoms with E-state index in [1.165, 1.54) is 42.9 Å². The van der Waals surface area contributed by atoms with Crippen LogP contribution in [0.1, 0.15) is 65.9 Å². The normalized spacial score (nSPS) is 19.0. The molecule has 0 aromatic heterocycles. The fraction of sp³-hybridized carbons (Fsp3) is 0.750. The maximum atomic E-state index is 13.2. The summed E-state index contributed by atoms with van der Waals surface area (Å²) >= 11 is 0. The summed E-state index contributed by atoms with van der Waals surface area (Å²) in [5, 5.41) is 11.5. The Labute approximate surface area is 207 Å². The van der Waals surface area contributed by atoms with Crippen LogP contribution in [0.2, 0.25) is 0 Å². The number of rotatable bonds is 9. The molecule has 1 N–H and O–H groups in total. The first-order chi connectivity index (χ1) is 13.8. The van der Waals surface area contributed by atoms with Gasteiger partial charge in [-0.05, 0) is 61.5 Å². The van der Waals surface area contributed by atoms with E-state index in [1.54, 1.807) is 6.07 Å². The van der Waals surface area contributed by atoms with Crippen molar-refractivity contribution in [3.05, 3.63) is 29.6 Å². The number of halogens is 1. The molecule has 1 aromatic carbocycles. The van der Waals surface area contributed by atoms with Crippen molar-refractivity contribution in [1.29, 1.82) is 0 Å². The number of aryl methyl sites for hydroxylation is 1. The minimum atomic E-state index is -0.302. The van der Waals surface area contributed by atoms with E-state index in [2.05, 4.69) is 20.8 Å². The number of nitrogens with zero attached hydrogens (tertiary/aromatic N) is 1. The molecule has 1 aliphatic carbocycles. The molecule has 0 radical (unpaired) electrons. The Balaban J connectivity index is 0.00000272. The summed E-state index contributed by atoms with van der Waals surface area (Å²) in [5.74, 6) is 1.62. The first-order valence-corrected chi connectivity index (χ1v) is 11.2. The van der Waals surface area contributed by atoms with Crippen LogP contribution in [-0.4, -0.2) is 43.2 Å². The van der Waals surface area contributed by atoms with E-state index < -0.39 is 0 Å². The minimum absolute atomic E-state index is 0. The van der Waals surface area contributed by atoms with Crippen LogP contribution >= 0.6 is 0 Å². The fourth-order valence-electron chi connectivity index (χ4n) is 3.81. The molecule has 2 rings (SSSR count). The summed E-state index contributed by atoms with van der Waals surface area (Å²) in [6.07, 6.45) is 4.91. The number of hydrogen-bond donors (Lipinski definition) is 1. The summed E-state index contributed by atoms with van der Waals surface area (Å²) in [5.41, 5.74) is 1.29. The summed E-state index contributed by atoms with van der Waals surface area (Å²) in [4.78, 5) is 0. The van der Waals surface area contributed by atoms with Crippen LogP contribution in [0.5, 0.6) is 5.75 Å². The molecule has 0 spiro atoms. The molecule has 0 unspecified atom stereocenters. The van der Waals surface area contributed by atoms with Gasteiger partial charge in [-0.3, -0.25) is 0 Å². The Kier molecular flexibility index (Phi) is 15.6. The van der Waals surface area contributed by atoms with E-state index in [-0.39, 0.29) is 36.9 Å². The average molecular weight is 650 g/mol. The standard InChI is InChI=1S/C22H36FNO3.C2H6.U/c1-17-5-10-20(23)15-21(17)27-14-13-26-12-11-24(25)16-18-6-8-19(9-7-18)22(2,3)4;1-2;/h5,10,15,18-19,25H,6-9,11-14,16H2,1-4H3;1-2H3;. The largest absolute Gasteiger partial charge is 0.491 e. The molecule has 1 saturated carbocycles. The van der Waals surface area contributed by atoms with Gasteiger partial charge < -0.3 is 14.7 Å². The number of hydroxylamine groups is 2. The van der Waals surface area contributed by atoms with Crippen molar-refractivity contribution in [2.75, 3.05) is 32.9 Å². The van der Waals surface area contributed by atoms with Crippen molar-refractivity contribution in [2.45, 2.75) is 67.2 Å². The Bertz CT molecular complexity index is 572. The topological polar surface area (TPSA) is 41.9 Å². The van der Waals surface area contributed by atoms with E-state index in [9.17, 15) is 9.60 Å². The molecule has 172 valence electrons. The zero-order valence-corrected chi connectivity index (χ0v) is 24.0. The van der Waals surface area contributed by atoms with Crippen LogP contribution in [0.4, 0.5) is 4.39 Å². The summed E-state index contributed by atoms with van der Waals surface area (Å²) in [7, 11) is 0. The van der Waals surface area contributed by atoms with E-state index in [4.69, 9.17) is 9.47 Å². The first-order valence-electron chi connectivity index (χ1n) is 11.2. The van der Waals surface area contributed by atoms with Gasteiger partial charge in [0.15, 0.2) is 0 Å². The van der Waals surface area contributed by atoms with Crippen molar-refractivity contribution in [1.82, 2.24) is 5.06 Å². The van der Waals surface area contributed by atoms with Gasteiger partial charge in [-0.2, -0.15) is 5.06 Å². The van der Waals surface area contributed by atoms with E-state index in [0.29, 0.717) is 43.4 Å². The van der Waals surface area contributed by atoms with Gasteiger partial charge in [0.2, 0.25) is 0 Å². The molecule has 0 amide bonds. The molecule has 1 aliphatic rings. The molecule has 30 heavy (non-hydrogen) atoms. The Morgan fingerprint density at radius 1 is 1.07 bits per heavy atom. The Morgan fingerprint density at radius 3 is 2.30 bits per heavy atom. The molecule has 1 fully saturated rings. The zero-order chi connectivity index (χ0) is 21.9. The van der Waals surface area contributed by atoms with Gasteiger partial charge in [-0.1, -0.05) is 40.7 Å². The number of hydrogen-bond acceptors (Lipinski definition) is 4. The van der Waals surface area contributed by atoms with Crippen LogP contribution in [0, 0.1) is 61.1 Å². The van der Waals surface area contributed by atoms with Gasteiger partial charge in [0, 0.05) is 50.3 Å². The predicted molar refractivity (Wildman–Crippen MR) is 117 cm³/mol. The van der Waals surface area contributed by atoms with E-state index in [1.807, 2.05) is 20.8 Å².